The molecule has 0 aromatic carbocycles. The summed E-state index contributed by atoms with van der Waals surface area (Å²) in [5.41, 5.74) is 0. The van der Waals surface area contributed by atoms with Crippen LogP contribution >= 0.6 is 7.82 Å². The van der Waals surface area contributed by atoms with Gasteiger partial charge in [-0.1, -0.05) is 0 Å². The molecule has 0 N–H and O–H groups in total. The maximum Gasteiger partial charge on any atom is -0.159 e. The minimum absolute atomic E-state index is 1.38. The van der Waals surface area contributed by atoms with Crippen LogP contribution in [0.3, 0.4) is 0 Å². The molecule has 0 aliphatic carbocycles. The Kier molecular flexibility index (Phi) is 48.5. The van der Waals surface area contributed by atoms with Crippen LogP contribution in [0.5, 0.6) is 0 Å². The average Bonchev–Trinajstić information content (AvgIpc) is 1.86. The third-order valence-electron chi connectivity index (χ3n) is 0. The molecule has 0 rings (SSSR count). The van der Waals surface area contributed by atoms with Gasteiger partial charge in [-0.15, -0.1) is 0 Å². The zero-order chi connectivity index (χ0) is 12.6. The van der Waals surface area contributed by atoms with E-state index in [-0.39, 0.29) is 0 Å². The number of hydrogen-bond acceptors (Lipinski definition) is 4. The molecule has 8 heteroatoms. The molecule has 0 aromatic rings. The molecule has 0 aliphatic heterocycles. The summed E-state index contributed by atoms with van der Waals surface area (Å²) in [5.74, 6) is 0. The van der Waals surface area contributed by atoms with E-state index in [0.29, 0.717) is 0 Å². The Hall–Kier alpha value is 3.89. The van der Waals surface area contributed by atoms with E-state index in [1.165, 1.54) is 115 Å². The Labute approximate surface area is 159 Å². The summed E-state index contributed by atoms with van der Waals surface area (Å²) in [6, 6.07) is 0. The number of hydrogen-bond donors (Lipinski definition) is 0. The first-order valence-electron chi connectivity index (χ1n) is 4.35. The summed E-state index contributed by atoms with van der Waals surface area (Å²) in [6.07, 6.45) is 0. The van der Waals surface area contributed by atoms with Crippen molar-refractivity contribution in [2.24, 2.45) is 0 Å². The zero-order valence-electron chi connectivity index (χ0n) is 9.32. The van der Waals surface area contributed by atoms with Gasteiger partial charge in [0.25, 0.3) is 0 Å². The van der Waals surface area contributed by atoms with Crippen molar-refractivity contribution in [3.8, 4) is 0 Å². The fourth-order valence-electron chi connectivity index (χ4n) is 0. The van der Waals surface area contributed by atoms with Crippen LogP contribution in [0.4, 0.5) is 0 Å². The van der Waals surface area contributed by atoms with Gasteiger partial charge in [0.05, 0.1) is 0 Å². The first kappa shape index (κ1) is 26.5. The second kappa shape index (κ2) is 25.7. The summed E-state index contributed by atoms with van der Waals surface area (Å²) in [6.45, 7) is 6.54. The Balaban J connectivity index is -0.0000000495. The van der Waals surface area contributed by atoms with E-state index in [4.69, 9.17) is 19.2 Å². The molecule has 0 aromatic heterocycles. The fourth-order valence-corrected chi connectivity index (χ4v) is 0. The topological polar surface area (TPSA) is 86.2 Å². The molecule has 74 valence electrons. The van der Waals surface area contributed by atoms with Crippen LogP contribution in [0.25, 0.3) is 0 Å². The van der Waals surface area contributed by atoms with Crippen LogP contribution in [-0.2, 0) is 4.57 Å². The predicted octanol–water partition coefficient (Wildman–Crippen LogP) is -1.05. The van der Waals surface area contributed by atoms with Crippen molar-refractivity contribution in [1.82, 2.24) is 0 Å². The molecule has 0 spiro atoms. The van der Waals surface area contributed by atoms with Crippen LogP contribution in [0, 0.1) is 0 Å². The standard InChI is InChI=1S/3C2H5.3Ca.H3O4P/c3*1-2;;;;1-5(2,3)4/h3*1H2,2H3;;;;(H3,1,2,3,4)/q;;;3*+1;/p-3. The van der Waals surface area contributed by atoms with Gasteiger partial charge in [0.2, 0.25) is 0 Å². The maximum atomic E-state index is 8.55. The van der Waals surface area contributed by atoms with Crippen LogP contribution in [0.15, 0.2) is 0 Å². The zero-order valence-corrected chi connectivity index (χ0v) is 16.8. The predicted molar refractivity (Wildman–Crippen MR) is 56.3 cm³/mol. The molecule has 0 saturated carbocycles. The van der Waals surface area contributed by atoms with Crippen LogP contribution in [-0.4, -0.2) is 107 Å². The molecule has 14 heavy (non-hydrogen) atoms. The smallest absolute Gasteiger partial charge is 0.159 e. The van der Waals surface area contributed by atoms with Gasteiger partial charge >= 0.3 is 136 Å². The first-order chi connectivity index (χ1) is 6.24. The molecule has 0 heterocycles. The Morgan fingerprint density at radius 3 is 0.857 bits per heavy atom. The van der Waals surface area contributed by atoms with Crippen molar-refractivity contribution in [2.45, 2.75) is 28.3 Å². The third-order valence-corrected chi connectivity index (χ3v) is 0. The van der Waals surface area contributed by atoms with Gasteiger partial charge < -0.3 is 19.2 Å². The van der Waals surface area contributed by atoms with E-state index in [1.54, 1.807) is 0 Å². The van der Waals surface area contributed by atoms with Crippen LogP contribution in [0.1, 0.15) is 20.8 Å². The second-order valence-electron chi connectivity index (χ2n) is 1.95. The van der Waals surface area contributed by atoms with E-state index >= 15 is 0 Å². The van der Waals surface area contributed by atoms with Gasteiger partial charge in [0.15, 0.2) is 0 Å². The Morgan fingerprint density at radius 1 is 0.857 bits per heavy atom. The summed E-state index contributed by atoms with van der Waals surface area (Å²) < 4.78 is 12.7. The van der Waals surface area contributed by atoms with Gasteiger partial charge in [-0.2, -0.15) is 7.82 Å². The average molecular weight is 302 g/mol. The quantitative estimate of drug-likeness (QED) is 0.422. The fraction of sp³-hybridized carbons (Fsp3) is 1.00. The van der Waals surface area contributed by atoms with Gasteiger partial charge in [-0.05, 0) is 0 Å². The summed E-state index contributed by atoms with van der Waals surface area (Å²) in [4.78, 5) is 25.6. The molecule has 0 unspecified atom stereocenters. The second-order valence-corrected chi connectivity index (χ2v) is 7.53. The van der Waals surface area contributed by atoms with E-state index in [1.807, 2.05) is 0 Å². The maximum absolute atomic E-state index is 8.55. The molecule has 0 amide bonds. The van der Waals surface area contributed by atoms with E-state index in [9.17, 15) is 0 Å². The van der Waals surface area contributed by atoms with Crippen molar-refractivity contribution in [2.75, 3.05) is 0 Å². The summed E-state index contributed by atoms with van der Waals surface area (Å²) in [7, 11) is -5.39. The monoisotopic (exact) mass is 302 g/mol. The molecule has 0 fully saturated rings. The van der Waals surface area contributed by atoms with Crippen molar-refractivity contribution < 1.29 is 19.2 Å². The van der Waals surface area contributed by atoms with Crippen molar-refractivity contribution >= 4 is 115 Å². The Morgan fingerprint density at radius 2 is 0.857 bits per heavy atom. The number of phosphoric acid groups is 1. The summed E-state index contributed by atoms with van der Waals surface area (Å²) in [5, 5.41) is 0. The largest absolute Gasteiger partial charge is 0.822 e. The SMILES string of the molecule is C[CH2][Ca+].C[CH2][Ca+].C[CH2][Ca+].O=P([O-])([O-])[O-]. The van der Waals surface area contributed by atoms with Crippen LogP contribution < -0.4 is 14.7 Å². The summed E-state index contributed by atoms with van der Waals surface area (Å²) >= 11 is 4.33. The number of rotatable bonds is 0. The molecule has 0 atom stereocenters. The molecular weight excluding hydrogens is 287 g/mol. The van der Waals surface area contributed by atoms with Gasteiger partial charge in [-0.3, -0.25) is 0 Å². The minimum Gasteiger partial charge on any atom is -0.822 e. The normalized spacial score (nSPS) is 8.29. The van der Waals surface area contributed by atoms with Crippen molar-refractivity contribution in [3.05, 3.63) is 0 Å². The molecule has 0 saturated heterocycles. The van der Waals surface area contributed by atoms with E-state index in [2.05, 4.69) is 20.8 Å². The van der Waals surface area contributed by atoms with E-state index in [0.717, 1.165) is 0 Å². The molecule has 0 aliphatic rings. The molecule has 0 bridgehead atoms. The van der Waals surface area contributed by atoms with Crippen LogP contribution in [0.2, 0.25) is 7.55 Å². The van der Waals surface area contributed by atoms with Gasteiger partial charge in [0, 0.05) is 0 Å². The van der Waals surface area contributed by atoms with E-state index < -0.39 is 7.82 Å². The molecular formula is C6H15Ca3O4P. The minimum atomic E-state index is -5.39. The van der Waals surface area contributed by atoms with Crippen molar-refractivity contribution in [1.29, 1.82) is 0 Å². The molecule has 4 nitrogen and oxygen atoms in total. The third kappa shape index (κ3) is 233. The van der Waals surface area contributed by atoms with Crippen molar-refractivity contribution in [3.63, 3.8) is 0 Å². The first-order valence-corrected chi connectivity index (χ1v) is 10.5. The van der Waals surface area contributed by atoms with Gasteiger partial charge in [-0.25, -0.2) is 0 Å². The Bertz CT molecular complexity index is 96.2. The molecule has 0 radical (unpaired) electrons. The van der Waals surface area contributed by atoms with Gasteiger partial charge in [0.1, 0.15) is 0 Å².